The van der Waals surface area contributed by atoms with Gasteiger partial charge in [0.1, 0.15) is 0 Å². The zero-order valence-electron chi connectivity index (χ0n) is 7.43. The highest BCUT2D eigenvalue weighted by molar-refractivity contribution is 7.47. The summed E-state index contributed by atoms with van der Waals surface area (Å²) in [6.45, 7) is 4.50. The van der Waals surface area contributed by atoms with Gasteiger partial charge in [-0.2, -0.15) is 0 Å². The van der Waals surface area contributed by atoms with Gasteiger partial charge < -0.3 is 0 Å². The zero-order valence-corrected chi connectivity index (χ0v) is 8.32. The summed E-state index contributed by atoms with van der Waals surface area (Å²) in [5, 5.41) is 1.66. The summed E-state index contributed by atoms with van der Waals surface area (Å²) in [7, 11) is 1.45. The van der Waals surface area contributed by atoms with Crippen molar-refractivity contribution < 1.29 is 0 Å². The molecular formula is C10H16P. The molecule has 0 atom stereocenters. The molecule has 0 saturated heterocycles. The van der Waals surface area contributed by atoms with E-state index in [2.05, 4.69) is 25.7 Å². The van der Waals surface area contributed by atoms with E-state index in [1.54, 1.807) is 10.9 Å². The van der Waals surface area contributed by atoms with Crippen molar-refractivity contribution in [2.75, 3.05) is 0 Å². The van der Waals surface area contributed by atoms with Gasteiger partial charge in [0.05, 0.1) is 0 Å². The van der Waals surface area contributed by atoms with E-state index in [1.165, 1.54) is 34.3 Å². The lowest BCUT2D eigenvalue weighted by atomic mass is 10.1. The Morgan fingerprint density at radius 2 is 1.91 bits per heavy atom. The van der Waals surface area contributed by atoms with Crippen LogP contribution in [0.3, 0.4) is 0 Å². The summed E-state index contributed by atoms with van der Waals surface area (Å²) < 4.78 is 0. The average Bonchev–Trinajstić information content (AvgIpc) is 2.39. The summed E-state index contributed by atoms with van der Waals surface area (Å²) in [6, 6.07) is 0. The lowest BCUT2D eigenvalue weighted by Gasteiger charge is -2.02. The fraction of sp³-hybridized carbons (Fsp3) is 0.600. The Balaban J connectivity index is 2.52. The van der Waals surface area contributed by atoms with Gasteiger partial charge in [0.25, 0.3) is 0 Å². The lowest BCUT2D eigenvalue weighted by Crippen LogP contribution is -1.80. The van der Waals surface area contributed by atoms with Crippen LogP contribution in [0.15, 0.2) is 22.8 Å². The molecule has 0 spiro atoms. The lowest BCUT2D eigenvalue weighted by molar-refractivity contribution is 0.888. The Morgan fingerprint density at radius 1 is 1.18 bits per heavy atom. The van der Waals surface area contributed by atoms with E-state index in [4.69, 9.17) is 0 Å². The molecule has 1 heterocycles. The minimum absolute atomic E-state index is 1.28. The molecule has 1 heteroatoms. The van der Waals surface area contributed by atoms with Gasteiger partial charge in [-0.25, -0.2) is 0 Å². The van der Waals surface area contributed by atoms with Crippen LogP contribution >= 0.6 is 8.58 Å². The third-order valence-electron chi connectivity index (χ3n) is 1.88. The molecule has 0 N–H and O–H groups in total. The highest BCUT2D eigenvalue weighted by atomic mass is 31.1. The second-order valence-electron chi connectivity index (χ2n) is 2.92. The van der Waals surface area contributed by atoms with E-state index in [9.17, 15) is 0 Å². The van der Waals surface area contributed by atoms with Gasteiger partial charge in [-0.05, 0) is 32.3 Å². The molecular weight excluding hydrogens is 151 g/mol. The average molecular weight is 167 g/mol. The molecule has 0 aromatic rings. The van der Waals surface area contributed by atoms with Gasteiger partial charge in [0, 0.05) is 0 Å². The molecule has 0 aliphatic carbocycles. The smallest absolute Gasteiger partial charge is 0.0222 e. The molecule has 0 unspecified atom stereocenters. The highest BCUT2D eigenvalue weighted by Crippen LogP contribution is 2.39. The second kappa shape index (κ2) is 4.72. The van der Waals surface area contributed by atoms with Crippen LogP contribution in [-0.2, 0) is 0 Å². The molecule has 11 heavy (non-hydrogen) atoms. The number of hydrogen-bond acceptors (Lipinski definition) is 0. The van der Waals surface area contributed by atoms with Crippen molar-refractivity contribution in [3.63, 3.8) is 0 Å². The van der Waals surface area contributed by atoms with Gasteiger partial charge >= 0.3 is 0 Å². The quantitative estimate of drug-likeness (QED) is 0.547. The number of allylic oxidation sites excluding steroid dienone is 3. The van der Waals surface area contributed by atoms with Crippen LogP contribution in [-0.4, -0.2) is 0 Å². The fourth-order valence-corrected chi connectivity index (χ4v) is 2.49. The summed E-state index contributed by atoms with van der Waals surface area (Å²) in [5.41, 5.74) is 1.61. The molecule has 61 valence electrons. The Kier molecular flexibility index (Phi) is 3.86. The van der Waals surface area contributed by atoms with Crippen molar-refractivity contribution in [1.82, 2.24) is 0 Å². The highest BCUT2D eigenvalue weighted by Gasteiger charge is 2.07. The standard InChI is InChI=1S/C10H16P/c1-3-5-9-7-8-11-10(9)6-4-2/h7-8H,3-6H2,1-2H3. The van der Waals surface area contributed by atoms with Crippen LogP contribution in [0.5, 0.6) is 0 Å². The van der Waals surface area contributed by atoms with Crippen LogP contribution in [0.1, 0.15) is 39.5 Å². The Hall–Kier alpha value is -0.0900. The molecule has 0 nitrogen and oxygen atoms in total. The van der Waals surface area contributed by atoms with Crippen molar-refractivity contribution in [2.24, 2.45) is 0 Å². The molecule has 1 aliphatic heterocycles. The normalized spacial score (nSPS) is 18.7. The van der Waals surface area contributed by atoms with Crippen LogP contribution in [0.2, 0.25) is 0 Å². The van der Waals surface area contributed by atoms with Crippen molar-refractivity contribution in [2.45, 2.75) is 39.5 Å². The minimum Gasteiger partial charge on any atom is -0.0651 e. The molecule has 0 fully saturated rings. The molecule has 1 rings (SSSR count). The molecule has 1 radical (unpaired) electrons. The predicted molar refractivity (Wildman–Crippen MR) is 52.9 cm³/mol. The first-order valence-electron chi connectivity index (χ1n) is 4.48. The van der Waals surface area contributed by atoms with E-state index in [-0.39, 0.29) is 0 Å². The molecule has 0 bridgehead atoms. The summed E-state index contributed by atoms with van der Waals surface area (Å²) in [4.78, 5) is 0. The van der Waals surface area contributed by atoms with Crippen molar-refractivity contribution >= 4 is 8.58 Å². The third kappa shape index (κ3) is 2.45. The van der Waals surface area contributed by atoms with Gasteiger partial charge in [-0.3, -0.25) is 0 Å². The first-order valence-corrected chi connectivity index (χ1v) is 5.44. The summed E-state index contributed by atoms with van der Waals surface area (Å²) >= 11 is 0. The van der Waals surface area contributed by atoms with E-state index in [1.807, 2.05) is 0 Å². The largest absolute Gasteiger partial charge is 0.0651 e. The van der Waals surface area contributed by atoms with Crippen molar-refractivity contribution in [3.8, 4) is 0 Å². The minimum atomic E-state index is 1.28. The first-order chi connectivity index (χ1) is 5.38. The van der Waals surface area contributed by atoms with Crippen LogP contribution in [0, 0.1) is 0 Å². The third-order valence-corrected chi connectivity index (χ3v) is 3.00. The summed E-state index contributed by atoms with van der Waals surface area (Å²) in [6.07, 6.45) is 7.44. The monoisotopic (exact) mass is 167 g/mol. The van der Waals surface area contributed by atoms with Crippen LogP contribution in [0.4, 0.5) is 0 Å². The van der Waals surface area contributed by atoms with Gasteiger partial charge in [-0.1, -0.05) is 38.6 Å². The summed E-state index contributed by atoms with van der Waals surface area (Å²) in [5.74, 6) is 2.27. The van der Waals surface area contributed by atoms with Crippen LogP contribution in [0.25, 0.3) is 0 Å². The SMILES string of the molecule is CCCC1=C(CCC)[P]C=C1. The number of rotatable bonds is 4. The van der Waals surface area contributed by atoms with Gasteiger partial charge in [-0.15, -0.1) is 0 Å². The Labute approximate surface area is 71.6 Å². The Bertz CT molecular complexity index is 177. The molecule has 0 aromatic heterocycles. The maximum atomic E-state index is 2.30. The maximum Gasteiger partial charge on any atom is -0.0222 e. The molecule has 0 amide bonds. The fourth-order valence-electron chi connectivity index (χ4n) is 1.36. The number of hydrogen-bond donors (Lipinski definition) is 0. The maximum absolute atomic E-state index is 2.30. The zero-order chi connectivity index (χ0) is 8.10. The van der Waals surface area contributed by atoms with Crippen molar-refractivity contribution in [1.29, 1.82) is 0 Å². The van der Waals surface area contributed by atoms with E-state index >= 15 is 0 Å². The van der Waals surface area contributed by atoms with E-state index in [0.29, 0.717) is 0 Å². The first kappa shape index (κ1) is 9.00. The Morgan fingerprint density at radius 3 is 2.55 bits per heavy atom. The van der Waals surface area contributed by atoms with Crippen LogP contribution < -0.4 is 0 Å². The predicted octanol–water partition coefficient (Wildman–Crippen LogP) is 4.31. The van der Waals surface area contributed by atoms with E-state index in [0.717, 1.165) is 0 Å². The molecule has 0 saturated carbocycles. The van der Waals surface area contributed by atoms with Crippen molar-refractivity contribution in [3.05, 3.63) is 22.8 Å². The molecule has 0 aromatic carbocycles. The van der Waals surface area contributed by atoms with Gasteiger partial charge in [0.2, 0.25) is 0 Å². The molecule has 1 aliphatic rings. The second-order valence-corrected chi connectivity index (χ2v) is 4.01. The topological polar surface area (TPSA) is 0 Å². The van der Waals surface area contributed by atoms with Gasteiger partial charge in [0.15, 0.2) is 0 Å². The van der Waals surface area contributed by atoms with E-state index < -0.39 is 0 Å².